The van der Waals surface area contributed by atoms with E-state index >= 15 is 0 Å². The van der Waals surface area contributed by atoms with Crippen molar-refractivity contribution in [3.05, 3.63) is 95.6 Å². The zero-order valence-electron chi connectivity index (χ0n) is 15.5. The summed E-state index contributed by atoms with van der Waals surface area (Å²) >= 11 is 0. The first kappa shape index (κ1) is 18.0. The van der Waals surface area contributed by atoms with Gasteiger partial charge in [-0.05, 0) is 43.0 Å². The second-order valence-corrected chi connectivity index (χ2v) is 7.08. The van der Waals surface area contributed by atoms with Crippen LogP contribution in [-0.2, 0) is 0 Å². The molecule has 0 nitrogen and oxygen atoms in total. The van der Waals surface area contributed by atoms with E-state index in [0.29, 0.717) is 0 Å². The molecule has 0 saturated carbocycles. The predicted molar refractivity (Wildman–Crippen MR) is 109 cm³/mol. The highest BCUT2D eigenvalue weighted by atomic mass is 14.2. The number of hydrogen-bond donors (Lipinski definition) is 0. The van der Waals surface area contributed by atoms with Crippen LogP contribution in [0.15, 0.2) is 84.5 Å². The smallest absolute Gasteiger partial charge is 0.00109 e. The first-order valence-corrected chi connectivity index (χ1v) is 8.59. The third-order valence-corrected chi connectivity index (χ3v) is 3.99. The summed E-state index contributed by atoms with van der Waals surface area (Å²) in [6.45, 7) is 10.7. The third kappa shape index (κ3) is 5.09. The van der Waals surface area contributed by atoms with Crippen LogP contribution in [0.5, 0.6) is 0 Å². The molecule has 0 amide bonds. The molecule has 0 aliphatic heterocycles. The fourth-order valence-electron chi connectivity index (χ4n) is 2.55. The maximum absolute atomic E-state index is 2.26. The molecule has 24 heavy (non-hydrogen) atoms. The maximum Gasteiger partial charge on any atom is 0.00109 e. The lowest BCUT2D eigenvalue weighted by molar-refractivity contribution is 0.627. The minimum Gasteiger partial charge on any atom is -0.0870 e. The first-order valence-electron chi connectivity index (χ1n) is 8.59. The lowest BCUT2D eigenvalue weighted by atomic mass is 9.92. The predicted octanol–water partition coefficient (Wildman–Crippen LogP) is 7.15. The van der Waals surface area contributed by atoms with E-state index in [4.69, 9.17) is 0 Å². The molecule has 0 saturated heterocycles. The van der Waals surface area contributed by atoms with E-state index in [2.05, 4.69) is 114 Å². The van der Waals surface area contributed by atoms with Gasteiger partial charge >= 0.3 is 0 Å². The van der Waals surface area contributed by atoms with Crippen molar-refractivity contribution in [2.45, 2.75) is 34.6 Å². The summed E-state index contributed by atoms with van der Waals surface area (Å²) in [5.41, 5.74) is 6.39. The molecule has 0 atom stereocenters. The first-order chi connectivity index (χ1) is 11.4. The Kier molecular flexibility index (Phi) is 5.98. The number of rotatable bonds is 4. The van der Waals surface area contributed by atoms with Crippen LogP contribution in [0.2, 0.25) is 0 Å². The molecule has 0 unspecified atom stereocenters. The second-order valence-electron chi connectivity index (χ2n) is 7.08. The van der Waals surface area contributed by atoms with Crippen LogP contribution >= 0.6 is 0 Å². The van der Waals surface area contributed by atoms with Crippen LogP contribution in [0.1, 0.15) is 45.7 Å². The molecule has 0 heteroatoms. The van der Waals surface area contributed by atoms with Crippen molar-refractivity contribution in [3.63, 3.8) is 0 Å². The Labute approximate surface area is 147 Å². The van der Waals surface area contributed by atoms with Gasteiger partial charge in [0.05, 0.1) is 0 Å². The largest absolute Gasteiger partial charge is 0.0870 e. The van der Waals surface area contributed by atoms with Crippen molar-refractivity contribution < 1.29 is 0 Å². The molecule has 0 radical (unpaired) electrons. The number of benzene rings is 1. The molecule has 2 rings (SSSR count). The SMILES string of the molecule is C/C=C\C(=C/C=C(C)C)c1ccc(C2=CC=CC(C)(C)C=C2)cc1. The van der Waals surface area contributed by atoms with Gasteiger partial charge in [-0.1, -0.05) is 98.4 Å². The van der Waals surface area contributed by atoms with E-state index in [9.17, 15) is 0 Å². The summed E-state index contributed by atoms with van der Waals surface area (Å²) in [6.07, 6.45) is 19.6. The van der Waals surface area contributed by atoms with Gasteiger partial charge in [0.15, 0.2) is 0 Å². The summed E-state index contributed by atoms with van der Waals surface area (Å²) in [7, 11) is 0. The van der Waals surface area contributed by atoms with Crippen LogP contribution in [0.25, 0.3) is 11.1 Å². The number of hydrogen-bond acceptors (Lipinski definition) is 0. The normalized spacial score (nSPS) is 16.9. The summed E-state index contributed by atoms with van der Waals surface area (Å²) < 4.78 is 0. The summed E-state index contributed by atoms with van der Waals surface area (Å²) in [4.78, 5) is 0. The van der Waals surface area contributed by atoms with E-state index < -0.39 is 0 Å². The fraction of sp³-hybridized carbons (Fsp3) is 0.250. The molecule has 0 fully saturated rings. The molecule has 1 aromatic carbocycles. The minimum absolute atomic E-state index is 0.115. The van der Waals surface area contributed by atoms with Crippen molar-refractivity contribution in [2.75, 3.05) is 0 Å². The van der Waals surface area contributed by atoms with Gasteiger partial charge in [0.25, 0.3) is 0 Å². The van der Waals surface area contributed by atoms with Crippen molar-refractivity contribution in [3.8, 4) is 0 Å². The summed E-state index contributed by atoms with van der Waals surface area (Å²) in [6, 6.07) is 8.82. The van der Waals surface area contributed by atoms with Crippen molar-refractivity contribution >= 4 is 11.1 Å². The monoisotopic (exact) mass is 316 g/mol. The van der Waals surface area contributed by atoms with Gasteiger partial charge < -0.3 is 0 Å². The Morgan fingerprint density at radius 1 is 0.958 bits per heavy atom. The Balaban J connectivity index is 2.30. The quantitative estimate of drug-likeness (QED) is 0.517. The Morgan fingerprint density at radius 2 is 1.67 bits per heavy atom. The highest BCUT2D eigenvalue weighted by molar-refractivity contribution is 5.79. The van der Waals surface area contributed by atoms with Crippen LogP contribution in [0.4, 0.5) is 0 Å². The molecule has 1 aliphatic rings. The molecular formula is C24H28. The van der Waals surface area contributed by atoms with E-state index in [0.717, 1.165) is 0 Å². The van der Waals surface area contributed by atoms with Gasteiger partial charge in [0.1, 0.15) is 0 Å². The van der Waals surface area contributed by atoms with E-state index in [1.54, 1.807) is 0 Å². The topological polar surface area (TPSA) is 0 Å². The van der Waals surface area contributed by atoms with Crippen LogP contribution in [-0.4, -0.2) is 0 Å². The Bertz CT molecular complexity index is 738. The molecule has 0 N–H and O–H groups in total. The van der Waals surface area contributed by atoms with Crippen molar-refractivity contribution in [2.24, 2.45) is 5.41 Å². The summed E-state index contributed by atoms with van der Waals surface area (Å²) in [5, 5.41) is 0. The third-order valence-electron chi connectivity index (χ3n) is 3.99. The average Bonchev–Trinajstić information content (AvgIpc) is 2.72. The lowest BCUT2D eigenvalue weighted by Gasteiger charge is -2.12. The van der Waals surface area contributed by atoms with Gasteiger partial charge in [0.2, 0.25) is 0 Å². The second kappa shape index (κ2) is 7.97. The number of allylic oxidation sites excluding steroid dienone is 12. The fourth-order valence-corrected chi connectivity index (χ4v) is 2.55. The molecule has 0 bridgehead atoms. The van der Waals surface area contributed by atoms with Gasteiger partial charge in [-0.3, -0.25) is 0 Å². The van der Waals surface area contributed by atoms with Crippen LogP contribution < -0.4 is 0 Å². The molecule has 0 heterocycles. The van der Waals surface area contributed by atoms with Crippen LogP contribution in [0.3, 0.4) is 0 Å². The molecule has 0 aromatic heterocycles. The summed E-state index contributed by atoms with van der Waals surface area (Å²) in [5.74, 6) is 0. The van der Waals surface area contributed by atoms with Gasteiger partial charge in [-0.2, -0.15) is 0 Å². The maximum atomic E-state index is 2.26. The molecular weight excluding hydrogens is 288 g/mol. The Hall–Kier alpha value is -2.34. The van der Waals surface area contributed by atoms with Crippen molar-refractivity contribution in [1.29, 1.82) is 0 Å². The lowest BCUT2D eigenvalue weighted by Crippen LogP contribution is -2.00. The van der Waals surface area contributed by atoms with Gasteiger partial charge in [-0.25, -0.2) is 0 Å². The average molecular weight is 316 g/mol. The van der Waals surface area contributed by atoms with Crippen LogP contribution in [0, 0.1) is 5.41 Å². The molecule has 124 valence electrons. The Morgan fingerprint density at radius 3 is 2.29 bits per heavy atom. The van der Waals surface area contributed by atoms with E-state index in [1.165, 1.54) is 27.8 Å². The standard InChI is InChI=1S/C24H28/c1-6-8-20(11-10-19(2)3)22-12-14-23(15-13-22)21-9-7-17-24(4,5)18-16-21/h6-18H,1-5H3/b8-6-,20-11+. The zero-order chi connectivity index (χ0) is 17.6. The van der Waals surface area contributed by atoms with Gasteiger partial charge in [0, 0.05) is 5.41 Å². The minimum atomic E-state index is 0.115. The van der Waals surface area contributed by atoms with Crippen molar-refractivity contribution in [1.82, 2.24) is 0 Å². The molecule has 1 aromatic rings. The van der Waals surface area contributed by atoms with Gasteiger partial charge in [-0.15, -0.1) is 0 Å². The molecule has 0 spiro atoms. The van der Waals surface area contributed by atoms with E-state index in [-0.39, 0.29) is 5.41 Å². The highest BCUT2D eigenvalue weighted by Crippen LogP contribution is 2.27. The molecule has 1 aliphatic carbocycles. The highest BCUT2D eigenvalue weighted by Gasteiger charge is 2.11. The van der Waals surface area contributed by atoms with E-state index in [1.807, 2.05) is 0 Å². The zero-order valence-corrected chi connectivity index (χ0v) is 15.5.